The van der Waals surface area contributed by atoms with Crippen LogP contribution in [0.25, 0.3) is 22.3 Å². The van der Waals surface area contributed by atoms with E-state index in [0.717, 1.165) is 51.4 Å². The number of H-pyrrole nitrogens is 2. The number of hydrogen-bond donors (Lipinski definition) is 2. The van der Waals surface area contributed by atoms with Gasteiger partial charge in [0.05, 0.1) is 0 Å². The van der Waals surface area contributed by atoms with Gasteiger partial charge in [0.15, 0.2) is 32.6 Å². The molecule has 230 valence electrons. The minimum Gasteiger partial charge on any atom is -0.313 e. The first-order chi connectivity index (χ1) is 20.3. The summed E-state index contributed by atoms with van der Waals surface area (Å²) in [5.41, 5.74) is -0.177. The molecule has 4 heterocycles. The summed E-state index contributed by atoms with van der Waals surface area (Å²) in [4.78, 5) is 64.2. The zero-order valence-corrected chi connectivity index (χ0v) is 26.7. The lowest BCUT2D eigenvalue weighted by molar-refractivity contribution is 0.551. The molecule has 2 N–H and O–H groups in total. The third kappa shape index (κ3) is 7.13. The Labute approximate surface area is 252 Å². The molecule has 0 aromatic carbocycles. The first-order valence-electron chi connectivity index (χ1n) is 14.9. The van der Waals surface area contributed by atoms with Crippen LogP contribution in [0.3, 0.4) is 0 Å². The number of rotatable bonds is 17. The molecule has 0 saturated carbocycles. The molecule has 0 radical (unpaired) electrons. The summed E-state index contributed by atoms with van der Waals surface area (Å²) in [5.74, 6) is 1.34. The maximum absolute atomic E-state index is 12.8. The molecule has 4 aromatic rings. The van der Waals surface area contributed by atoms with Gasteiger partial charge in [-0.05, 0) is 12.8 Å². The molecule has 0 spiro atoms. The van der Waals surface area contributed by atoms with Gasteiger partial charge in [0.2, 0.25) is 0 Å². The van der Waals surface area contributed by atoms with Crippen molar-refractivity contribution in [2.45, 2.75) is 101 Å². The van der Waals surface area contributed by atoms with E-state index in [0.29, 0.717) is 57.2 Å². The van der Waals surface area contributed by atoms with Crippen molar-refractivity contribution in [2.75, 3.05) is 11.5 Å². The monoisotopic (exact) mass is 618 g/mol. The molecule has 14 heteroatoms. The summed E-state index contributed by atoms with van der Waals surface area (Å²) in [6.07, 6.45) is 10.9. The van der Waals surface area contributed by atoms with Gasteiger partial charge in [0, 0.05) is 38.7 Å². The van der Waals surface area contributed by atoms with E-state index in [9.17, 15) is 19.2 Å². The maximum atomic E-state index is 12.8. The molecule has 0 saturated heterocycles. The third-order valence-corrected chi connectivity index (χ3v) is 9.67. The van der Waals surface area contributed by atoms with Crippen LogP contribution in [0.1, 0.15) is 78.1 Å². The Morgan fingerprint density at radius 3 is 1.36 bits per heavy atom. The van der Waals surface area contributed by atoms with E-state index >= 15 is 0 Å². The zero-order valence-electron chi connectivity index (χ0n) is 25.0. The third-order valence-electron chi connectivity index (χ3n) is 7.46. The molecular weight excluding hydrogens is 576 g/mol. The van der Waals surface area contributed by atoms with Gasteiger partial charge in [0.1, 0.15) is 0 Å². The van der Waals surface area contributed by atoms with Crippen LogP contribution in [-0.2, 0) is 27.2 Å². The molecule has 0 aliphatic heterocycles. The fraction of sp³-hybridized carbons (Fsp3) is 0.643. The molecule has 0 atom stereocenters. The van der Waals surface area contributed by atoms with Gasteiger partial charge >= 0.3 is 11.4 Å². The molecule has 0 fully saturated rings. The van der Waals surface area contributed by atoms with Crippen LogP contribution in [0.5, 0.6) is 0 Å². The number of nitrogens with zero attached hydrogens (tertiary/aromatic N) is 6. The quantitative estimate of drug-likeness (QED) is 0.134. The van der Waals surface area contributed by atoms with E-state index in [4.69, 9.17) is 9.97 Å². The molecule has 0 aliphatic carbocycles. The van der Waals surface area contributed by atoms with Crippen LogP contribution in [0, 0.1) is 0 Å². The fourth-order valence-electron chi connectivity index (χ4n) is 5.08. The predicted octanol–water partition coefficient (Wildman–Crippen LogP) is 3.99. The van der Waals surface area contributed by atoms with Crippen LogP contribution in [-0.4, -0.2) is 49.7 Å². The van der Waals surface area contributed by atoms with Crippen LogP contribution in [0.4, 0.5) is 0 Å². The molecule has 0 unspecified atom stereocenters. The average Bonchev–Trinajstić information content (AvgIpc) is 3.52. The molecule has 42 heavy (non-hydrogen) atoms. The van der Waals surface area contributed by atoms with Crippen LogP contribution in [0.15, 0.2) is 29.5 Å². The number of nitrogens with one attached hydrogen (secondary N) is 2. The Bertz CT molecular complexity index is 1620. The lowest BCUT2D eigenvalue weighted by Crippen LogP contribution is -2.29. The van der Waals surface area contributed by atoms with Crippen molar-refractivity contribution in [1.82, 2.24) is 38.2 Å². The van der Waals surface area contributed by atoms with Crippen molar-refractivity contribution in [1.29, 1.82) is 0 Å². The highest BCUT2D eigenvalue weighted by molar-refractivity contribution is 8.02. The number of unbranched alkanes of at least 4 members (excludes halogenated alkanes) is 8. The molecular formula is C28H42N8O4S2. The SMILES string of the molecule is CCCCCCCn1c(SCCSc2nc3c(c(=O)[nH]c(=O)n3C)n2CCCCCCC)nc2c1c(=O)[nH]c(=O)n2C. The van der Waals surface area contributed by atoms with Crippen LogP contribution >= 0.6 is 23.5 Å². The molecule has 0 aliphatic rings. The first kappa shape index (κ1) is 31.9. The number of aromatic amines is 2. The van der Waals surface area contributed by atoms with Gasteiger partial charge in [-0.3, -0.25) is 28.7 Å². The second-order valence-electron chi connectivity index (χ2n) is 10.6. The van der Waals surface area contributed by atoms with Crippen LogP contribution in [0.2, 0.25) is 0 Å². The van der Waals surface area contributed by atoms with Crippen molar-refractivity contribution in [3.8, 4) is 0 Å². The summed E-state index contributed by atoms with van der Waals surface area (Å²) in [6.45, 7) is 5.67. The second kappa shape index (κ2) is 14.9. The molecule has 4 rings (SSSR count). The lowest BCUT2D eigenvalue weighted by Gasteiger charge is -2.10. The van der Waals surface area contributed by atoms with Gasteiger partial charge in [-0.25, -0.2) is 19.6 Å². The van der Waals surface area contributed by atoms with Gasteiger partial charge in [-0.1, -0.05) is 88.7 Å². The van der Waals surface area contributed by atoms with Crippen LogP contribution < -0.4 is 22.5 Å². The number of hydrogen-bond acceptors (Lipinski definition) is 8. The Kier molecular flexibility index (Phi) is 11.4. The number of aryl methyl sites for hydroxylation is 4. The summed E-state index contributed by atoms with van der Waals surface area (Å²) >= 11 is 3.07. The normalized spacial score (nSPS) is 11.8. The van der Waals surface area contributed by atoms with Gasteiger partial charge < -0.3 is 9.13 Å². The fourth-order valence-corrected chi connectivity index (χ4v) is 7.09. The van der Waals surface area contributed by atoms with E-state index in [-0.39, 0.29) is 0 Å². The summed E-state index contributed by atoms with van der Waals surface area (Å²) in [5, 5.41) is 1.41. The maximum Gasteiger partial charge on any atom is 0.329 e. The highest BCUT2D eigenvalue weighted by atomic mass is 32.2. The zero-order chi connectivity index (χ0) is 30.2. The van der Waals surface area contributed by atoms with E-state index in [1.165, 1.54) is 45.5 Å². The highest BCUT2D eigenvalue weighted by Crippen LogP contribution is 2.27. The van der Waals surface area contributed by atoms with Gasteiger partial charge in [-0.2, -0.15) is 0 Å². The summed E-state index contributed by atoms with van der Waals surface area (Å²) < 4.78 is 6.65. The topological polar surface area (TPSA) is 145 Å². The predicted molar refractivity (Wildman–Crippen MR) is 170 cm³/mol. The van der Waals surface area contributed by atoms with Crippen molar-refractivity contribution < 1.29 is 0 Å². The molecule has 0 bridgehead atoms. The van der Waals surface area contributed by atoms with Crippen molar-refractivity contribution >= 4 is 45.9 Å². The lowest BCUT2D eigenvalue weighted by atomic mass is 10.1. The van der Waals surface area contributed by atoms with Gasteiger partial charge in [-0.15, -0.1) is 0 Å². The van der Waals surface area contributed by atoms with Crippen molar-refractivity contribution in [2.24, 2.45) is 14.1 Å². The number of aromatic nitrogens is 8. The largest absolute Gasteiger partial charge is 0.329 e. The van der Waals surface area contributed by atoms with Crippen molar-refractivity contribution in [3.05, 3.63) is 41.7 Å². The minimum absolute atomic E-state index is 0.387. The Hall–Kier alpha value is -3.00. The number of imidazole rings is 2. The summed E-state index contributed by atoms with van der Waals surface area (Å²) in [7, 11) is 3.23. The molecule has 4 aromatic heterocycles. The first-order valence-corrected chi connectivity index (χ1v) is 16.9. The van der Waals surface area contributed by atoms with Gasteiger partial charge in [0.25, 0.3) is 11.1 Å². The number of thioether (sulfide) groups is 2. The van der Waals surface area contributed by atoms with E-state index < -0.39 is 22.5 Å². The second-order valence-corrected chi connectivity index (χ2v) is 12.7. The smallest absolute Gasteiger partial charge is 0.313 e. The van der Waals surface area contributed by atoms with Crippen molar-refractivity contribution in [3.63, 3.8) is 0 Å². The Morgan fingerprint density at radius 2 is 0.976 bits per heavy atom. The number of fused-ring (bicyclic) bond motifs is 2. The van der Waals surface area contributed by atoms with E-state index in [1.54, 1.807) is 14.1 Å². The molecule has 12 nitrogen and oxygen atoms in total. The Morgan fingerprint density at radius 1 is 0.595 bits per heavy atom. The van der Waals surface area contributed by atoms with E-state index in [1.807, 2.05) is 9.13 Å². The Balaban J connectivity index is 1.53. The highest BCUT2D eigenvalue weighted by Gasteiger charge is 2.19. The minimum atomic E-state index is -0.481. The van der Waals surface area contributed by atoms with E-state index in [2.05, 4.69) is 23.8 Å². The average molecular weight is 619 g/mol. The summed E-state index contributed by atoms with van der Waals surface area (Å²) in [6, 6.07) is 0. The molecule has 0 amide bonds. The standard InChI is InChI=1S/C28H42N8O4S2/c1-5-7-9-11-13-15-35-19-21(33(3)25(39)31-23(19)37)29-27(35)41-17-18-42-28-30-22-20(24(38)32-26(40)34(22)4)36(28)16-14-12-10-8-6-2/h5-18H2,1-4H3,(H,31,37,39)(H,32,38,40).